The SMILES string of the molecule is CCC1COC(C)CN1C1(CN)CCCC(C2CC2)C1. The van der Waals surface area contributed by atoms with Crippen molar-refractivity contribution in [2.24, 2.45) is 17.6 Å². The molecule has 0 aromatic rings. The molecular weight excluding hydrogens is 248 g/mol. The highest BCUT2D eigenvalue weighted by Gasteiger charge is 2.47. The molecule has 4 atom stereocenters. The summed E-state index contributed by atoms with van der Waals surface area (Å²) in [5.41, 5.74) is 6.60. The minimum Gasteiger partial charge on any atom is -0.376 e. The monoisotopic (exact) mass is 280 g/mol. The molecule has 20 heavy (non-hydrogen) atoms. The first-order valence-corrected chi connectivity index (χ1v) is 8.77. The lowest BCUT2D eigenvalue weighted by molar-refractivity contribution is -0.113. The van der Waals surface area contributed by atoms with Gasteiger partial charge in [0, 0.05) is 24.7 Å². The molecule has 3 rings (SSSR count). The van der Waals surface area contributed by atoms with Gasteiger partial charge in [-0.05, 0) is 50.9 Å². The Labute approximate surface area is 124 Å². The van der Waals surface area contributed by atoms with Gasteiger partial charge in [-0.25, -0.2) is 0 Å². The largest absolute Gasteiger partial charge is 0.376 e. The molecule has 4 unspecified atom stereocenters. The second kappa shape index (κ2) is 5.94. The van der Waals surface area contributed by atoms with Gasteiger partial charge in [0.1, 0.15) is 0 Å². The number of rotatable bonds is 4. The van der Waals surface area contributed by atoms with E-state index in [-0.39, 0.29) is 5.54 Å². The van der Waals surface area contributed by atoms with Crippen LogP contribution in [0.2, 0.25) is 0 Å². The molecule has 3 aliphatic rings. The second-order valence-corrected chi connectivity index (χ2v) is 7.48. The average molecular weight is 280 g/mol. The summed E-state index contributed by atoms with van der Waals surface area (Å²) in [6, 6.07) is 0.577. The zero-order valence-corrected chi connectivity index (χ0v) is 13.3. The van der Waals surface area contributed by atoms with Crippen molar-refractivity contribution in [3.63, 3.8) is 0 Å². The van der Waals surface area contributed by atoms with Crippen molar-refractivity contribution >= 4 is 0 Å². The fraction of sp³-hybridized carbons (Fsp3) is 1.00. The summed E-state index contributed by atoms with van der Waals surface area (Å²) in [6.45, 7) is 7.31. The van der Waals surface area contributed by atoms with Crippen LogP contribution in [0.4, 0.5) is 0 Å². The van der Waals surface area contributed by atoms with Crippen molar-refractivity contribution in [1.29, 1.82) is 0 Å². The zero-order valence-electron chi connectivity index (χ0n) is 13.3. The van der Waals surface area contributed by atoms with E-state index in [1.807, 2.05) is 0 Å². The minimum atomic E-state index is 0.268. The standard InChI is InChI=1S/C17H32N2O/c1-3-16-11-20-13(2)10-19(16)17(12-18)8-4-5-15(9-17)14-6-7-14/h13-16H,3-12,18H2,1-2H3. The minimum absolute atomic E-state index is 0.268. The number of nitrogens with two attached hydrogens (primary N) is 1. The molecule has 1 heterocycles. The Balaban J connectivity index is 1.78. The Morgan fingerprint density at radius 2 is 2.05 bits per heavy atom. The zero-order chi connectivity index (χ0) is 14.2. The van der Waals surface area contributed by atoms with Crippen LogP contribution in [-0.2, 0) is 4.74 Å². The van der Waals surface area contributed by atoms with Crippen LogP contribution in [0.5, 0.6) is 0 Å². The van der Waals surface area contributed by atoms with Gasteiger partial charge in [-0.15, -0.1) is 0 Å². The van der Waals surface area contributed by atoms with E-state index in [1.54, 1.807) is 0 Å². The van der Waals surface area contributed by atoms with Crippen LogP contribution in [-0.4, -0.2) is 42.3 Å². The lowest BCUT2D eigenvalue weighted by atomic mass is 9.72. The highest BCUT2D eigenvalue weighted by molar-refractivity contribution is 5.02. The first kappa shape index (κ1) is 14.8. The first-order chi connectivity index (χ1) is 9.68. The van der Waals surface area contributed by atoms with E-state index in [2.05, 4.69) is 18.7 Å². The fourth-order valence-electron chi connectivity index (χ4n) is 4.68. The van der Waals surface area contributed by atoms with E-state index in [1.165, 1.54) is 44.9 Å². The van der Waals surface area contributed by atoms with Crippen LogP contribution in [0.25, 0.3) is 0 Å². The third kappa shape index (κ3) is 2.77. The van der Waals surface area contributed by atoms with E-state index in [4.69, 9.17) is 10.5 Å². The molecule has 0 bridgehead atoms. The van der Waals surface area contributed by atoms with Crippen LogP contribution in [0, 0.1) is 11.8 Å². The predicted molar refractivity (Wildman–Crippen MR) is 82.7 cm³/mol. The van der Waals surface area contributed by atoms with Crippen molar-refractivity contribution < 1.29 is 4.74 Å². The molecule has 0 spiro atoms. The van der Waals surface area contributed by atoms with Crippen LogP contribution in [0.1, 0.15) is 58.8 Å². The van der Waals surface area contributed by atoms with Gasteiger partial charge in [0.05, 0.1) is 12.7 Å². The molecular formula is C17H32N2O. The summed E-state index contributed by atoms with van der Waals surface area (Å²) >= 11 is 0. The maximum Gasteiger partial charge on any atom is 0.0675 e. The number of ether oxygens (including phenoxy) is 1. The van der Waals surface area contributed by atoms with Crippen molar-refractivity contribution in [3.05, 3.63) is 0 Å². The molecule has 1 aliphatic heterocycles. The molecule has 2 N–H and O–H groups in total. The highest BCUT2D eigenvalue weighted by atomic mass is 16.5. The fourth-order valence-corrected chi connectivity index (χ4v) is 4.68. The van der Waals surface area contributed by atoms with Crippen LogP contribution in [0.15, 0.2) is 0 Å². The topological polar surface area (TPSA) is 38.5 Å². The van der Waals surface area contributed by atoms with Crippen molar-refractivity contribution in [1.82, 2.24) is 4.90 Å². The molecule has 2 saturated carbocycles. The Morgan fingerprint density at radius 3 is 2.70 bits per heavy atom. The van der Waals surface area contributed by atoms with Crippen LogP contribution < -0.4 is 5.73 Å². The average Bonchev–Trinajstić information content (AvgIpc) is 3.32. The number of nitrogens with zero attached hydrogens (tertiary/aromatic N) is 1. The van der Waals surface area contributed by atoms with Crippen LogP contribution in [0.3, 0.4) is 0 Å². The van der Waals surface area contributed by atoms with E-state index < -0.39 is 0 Å². The Kier molecular flexibility index (Phi) is 4.40. The Bertz CT molecular complexity index is 331. The first-order valence-electron chi connectivity index (χ1n) is 8.77. The smallest absolute Gasteiger partial charge is 0.0675 e. The van der Waals surface area contributed by atoms with E-state index >= 15 is 0 Å². The van der Waals surface area contributed by atoms with Gasteiger partial charge in [-0.3, -0.25) is 4.90 Å². The molecule has 3 fully saturated rings. The van der Waals surface area contributed by atoms with Gasteiger partial charge in [0.25, 0.3) is 0 Å². The molecule has 0 amide bonds. The summed E-state index contributed by atoms with van der Waals surface area (Å²) in [4.78, 5) is 2.76. The predicted octanol–water partition coefficient (Wildman–Crippen LogP) is 2.78. The molecule has 3 nitrogen and oxygen atoms in total. The quantitative estimate of drug-likeness (QED) is 0.860. The third-order valence-corrected chi connectivity index (χ3v) is 6.08. The van der Waals surface area contributed by atoms with Gasteiger partial charge in [0.15, 0.2) is 0 Å². The van der Waals surface area contributed by atoms with E-state index in [9.17, 15) is 0 Å². The maximum absolute atomic E-state index is 6.33. The number of morpholine rings is 1. The lowest BCUT2D eigenvalue weighted by Gasteiger charge is -2.54. The van der Waals surface area contributed by atoms with Gasteiger partial charge in [0.2, 0.25) is 0 Å². The van der Waals surface area contributed by atoms with Crippen molar-refractivity contribution in [2.45, 2.75) is 76.5 Å². The van der Waals surface area contributed by atoms with Gasteiger partial charge in [-0.2, -0.15) is 0 Å². The molecule has 116 valence electrons. The summed E-state index contributed by atoms with van der Waals surface area (Å²) in [5.74, 6) is 1.97. The van der Waals surface area contributed by atoms with E-state index in [0.29, 0.717) is 12.1 Å². The van der Waals surface area contributed by atoms with Gasteiger partial charge < -0.3 is 10.5 Å². The summed E-state index contributed by atoms with van der Waals surface area (Å²) in [5, 5.41) is 0. The number of hydrogen-bond acceptors (Lipinski definition) is 3. The summed E-state index contributed by atoms with van der Waals surface area (Å²) < 4.78 is 5.90. The van der Waals surface area contributed by atoms with Crippen LogP contribution >= 0.6 is 0 Å². The highest BCUT2D eigenvalue weighted by Crippen LogP contribution is 2.48. The Morgan fingerprint density at radius 1 is 1.25 bits per heavy atom. The molecule has 0 aromatic carbocycles. The molecule has 1 saturated heterocycles. The van der Waals surface area contributed by atoms with Crippen molar-refractivity contribution in [3.8, 4) is 0 Å². The summed E-state index contributed by atoms with van der Waals surface area (Å²) in [6.07, 6.45) is 9.96. The van der Waals surface area contributed by atoms with Gasteiger partial charge in [-0.1, -0.05) is 19.8 Å². The normalized spacial score (nSPS) is 43.6. The Hall–Kier alpha value is -0.120. The molecule has 0 aromatic heterocycles. The van der Waals surface area contributed by atoms with Crippen molar-refractivity contribution in [2.75, 3.05) is 19.7 Å². The molecule has 0 radical (unpaired) electrons. The molecule has 3 heteroatoms. The lowest BCUT2D eigenvalue weighted by Crippen LogP contribution is -2.64. The van der Waals surface area contributed by atoms with E-state index in [0.717, 1.165) is 31.5 Å². The number of hydrogen-bond donors (Lipinski definition) is 1. The second-order valence-electron chi connectivity index (χ2n) is 7.48. The summed E-state index contributed by atoms with van der Waals surface area (Å²) in [7, 11) is 0. The third-order valence-electron chi connectivity index (χ3n) is 6.08. The maximum atomic E-state index is 6.33. The van der Waals surface area contributed by atoms with Gasteiger partial charge >= 0.3 is 0 Å². The molecule has 2 aliphatic carbocycles.